The van der Waals surface area contributed by atoms with Crippen molar-refractivity contribution >= 4 is 33.4 Å². The minimum absolute atomic E-state index is 0.111. The maximum absolute atomic E-state index is 13.1. The Kier molecular flexibility index (Phi) is 6.42. The summed E-state index contributed by atoms with van der Waals surface area (Å²) < 4.78 is 24.9. The predicted molar refractivity (Wildman–Crippen MR) is 92.7 cm³/mol. The van der Waals surface area contributed by atoms with Gasteiger partial charge in [-0.2, -0.15) is 0 Å². The smallest absolute Gasteiger partial charge is 0.265 e. The third-order valence-corrected chi connectivity index (χ3v) is 4.03. The second-order valence-electron chi connectivity index (χ2n) is 4.72. The van der Waals surface area contributed by atoms with Crippen molar-refractivity contribution in [1.29, 1.82) is 0 Å². The van der Waals surface area contributed by atoms with Gasteiger partial charge in [0.15, 0.2) is 11.5 Å². The molecule has 0 aliphatic rings. The van der Waals surface area contributed by atoms with Crippen LogP contribution in [-0.4, -0.2) is 12.5 Å². The molecule has 0 aromatic heterocycles. The molecule has 0 radical (unpaired) electrons. The number of rotatable bonds is 6. The van der Waals surface area contributed by atoms with Gasteiger partial charge in [-0.15, -0.1) is 0 Å². The van der Waals surface area contributed by atoms with Crippen molar-refractivity contribution < 1.29 is 18.7 Å². The van der Waals surface area contributed by atoms with Crippen LogP contribution in [-0.2, 0) is 6.61 Å². The number of carbonyl (C=O) groups excluding carboxylic acids is 1. The molecule has 5 nitrogen and oxygen atoms in total. The van der Waals surface area contributed by atoms with Crippen molar-refractivity contribution in [3.05, 3.63) is 56.8 Å². The molecule has 0 fully saturated rings. The van der Waals surface area contributed by atoms with Gasteiger partial charge in [0.25, 0.3) is 5.91 Å². The number of nitrogen functional groups attached to an aromatic ring is 1. The van der Waals surface area contributed by atoms with Crippen LogP contribution < -0.4 is 20.7 Å². The lowest BCUT2D eigenvalue weighted by Crippen LogP contribution is -2.30. The van der Waals surface area contributed by atoms with Crippen molar-refractivity contribution in [1.82, 2.24) is 5.43 Å². The standard InChI is InChI=1S/C16H15BrClFN2O3/c1-2-23-14-6-10(16(22)21-20)5-12(17)15(14)24-8-9-3-4-11(19)7-13(9)18/h3-7H,2,8,20H2,1H3,(H,21,22). The average molecular weight is 418 g/mol. The molecule has 0 saturated heterocycles. The predicted octanol–water partition coefficient (Wildman–Crippen LogP) is 3.82. The number of ether oxygens (including phenoxy) is 2. The maximum atomic E-state index is 13.1. The van der Waals surface area contributed by atoms with Gasteiger partial charge in [-0.05, 0) is 47.1 Å². The van der Waals surface area contributed by atoms with Crippen LogP contribution in [0.2, 0.25) is 5.02 Å². The van der Waals surface area contributed by atoms with Crippen molar-refractivity contribution in [3.8, 4) is 11.5 Å². The minimum atomic E-state index is -0.454. The van der Waals surface area contributed by atoms with Crippen LogP contribution in [0.1, 0.15) is 22.8 Å². The van der Waals surface area contributed by atoms with Crippen LogP contribution in [0.4, 0.5) is 4.39 Å². The SMILES string of the molecule is CCOc1cc(C(=O)NN)cc(Br)c1OCc1ccc(F)cc1Cl. The van der Waals surface area contributed by atoms with Gasteiger partial charge in [0, 0.05) is 11.1 Å². The highest BCUT2D eigenvalue weighted by molar-refractivity contribution is 9.10. The number of benzene rings is 2. The number of halogens is 3. The first-order chi connectivity index (χ1) is 11.5. The fraction of sp³-hybridized carbons (Fsp3) is 0.188. The maximum Gasteiger partial charge on any atom is 0.265 e. The molecule has 0 heterocycles. The molecule has 3 N–H and O–H groups in total. The zero-order chi connectivity index (χ0) is 17.7. The topological polar surface area (TPSA) is 73.6 Å². The molecule has 24 heavy (non-hydrogen) atoms. The number of nitrogens with two attached hydrogens (primary N) is 1. The molecule has 128 valence electrons. The van der Waals surface area contributed by atoms with Crippen LogP contribution in [0.3, 0.4) is 0 Å². The zero-order valence-electron chi connectivity index (χ0n) is 12.7. The van der Waals surface area contributed by atoms with E-state index in [0.717, 1.165) is 0 Å². The highest BCUT2D eigenvalue weighted by Gasteiger charge is 2.16. The van der Waals surface area contributed by atoms with E-state index in [1.807, 2.05) is 6.92 Å². The Balaban J connectivity index is 2.29. The van der Waals surface area contributed by atoms with Gasteiger partial charge >= 0.3 is 0 Å². The first kappa shape index (κ1) is 18.5. The van der Waals surface area contributed by atoms with Gasteiger partial charge in [-0.25, -0.2) is 10.2 Å². The van der Waals surface area contributed by atoms with Crippen LogP contribution in [0.5, 0.6) is 11.5 Å². The lowest BCUT2D eigenvalue weighted by molar-refractivity contribution is 0.0953. The fourth-order valence-corrected chi connectivity index (χ4v) is 2.75. The van der Waals surface area contributed by atoms with Gasteiger partial charge in [0.05, 0.1) is 16.1 Å². The summed E-state index contributed by atoms with van der Waals surface area (Å²) in [5.74, 6) is 5.06. The molecule has 8 heteroatoms. The number of hydrazine groups is 1. The van der Waals surface area contributed by atoms with E-state index < -0.39 is 11.7 Å². The highest BCUT2D eigenvalue weighted by atomic mass is 79.9. The second-order valence-corrected chi connectivity index (χ2v) is 5.98. The molecule has 0 spiro atoms. The molecule has 1 amide bonds. The van der Waals surface area contributed by atoms with Crippen LogP contribution in [0.15, 0.2) is 34.8 Å². The number of amides is 1. The summed E-state index contributed by atoms with van der Waals surface area (Å²) in [6.07, 6.45) is 0. The largest absolute Gasteiger partial charge is 0.490 e. The van der Waals surface area contributed by atoms with Gasteiger partial charge in [-0.1, -0.05) is 17.7 Å². The lowest BCUT2D eigenvalue weighted by atomic mass is 10.2. The molecular weight excluding hydrogens is 403 g/mol. The Bertz CT molecular complexity index is 758. The highest BCUT2D eigenvalue weighted by Crippen LogP contribution is 2.37. The summed E-state index contributed by atoms with van der Waals surface area (Å²) in [7, 11) is 0. The number of hydrogen-bond acceptors (Lipinski definition) is 4. The van der Waals surface area contributed by atoms with Crippen molar-refractivity contribution in [2.24, 2.45) is 5.84 Å². The Morgan fingerprint density at radius 3 is 2.71 bits per heavy atom. The summed E-state index contributed by atoms with van der Waals surface area (Å²) in [4.78, 5) is 11.7. The van der Waals surface area contributed by atoms with E-state index in [1.165, 1.54) is 18.2 Å². The van der Waals surface area contributed by atoms with Gasteiger partial charge in [-0.3, -0.25) is 10.2 Å². The first-order valence-corrected chi connectivity index (χ1v) is 8.17. The molecule has 0 aliphatic heterocycles. The second kappa shape index (κ2) is 8.32. The monoisotopic (exact) mass is 416 g/mol. The molecule has 2 aromatic rings. The van der Waals surface area contributed by atoms with Crippen molar-refractivity contribution in [2.45, 2.75) is 13.5 Å². The normalized spacial score (nSPS) is 10.4. The quantitative estimate of drug-likeness (QED) is 0.426. The van der Waals surface area contributed by atoms with E-state index in [0.29, 0.717) is 33.7 Å². The van der Waals surface area contributed by atoms with E-state index >= 15 is 0 Å². The summed E-state index contributed by atoms with van der Waals surface area (Å²) in [5.41, 5.74) is 3.00. The van der Waals surface area contributed by atoms with Gasteiger partial charge in [0.1, 0.15) is 12.4 Å². The van der Waals surface area contributed by atoms with Crippen LogP contribution in [0.25, 0.3) is 0 Å². The van der Waals surface area contributed by atoms with Crippen molar-refractivity contribution in [3.63, 3.8) is 0 Å². The van der Waals surface area contributed by atoms with E-state index in [9.17, 15) is 9.18 Å². The molecule has 0 bridgehead atoms. The van der Waals surface area contributed by atoms with Gasteiger partial charge in [0.2, 0.25) is 0 Å². The Morgan fingerprint density at radius 1 is 1.33 bits per heavy atom. The number of carbonyl (C=O) groups is 1. The molecule has 0 unspecified atom stereocenters. The van der Waals surface area contributed by atoms with E-state index in [2.05, 4.69) is 21.4 Å². The molecule has 2 rings (SSSR count). The van der Waals surface area contributed by atoms with Crippen LogP contribution >= 0.6 is 27.5 Å². The van der Waals surface area contributed by atoms with Crippen LogP contribution in [0, 0.1) is 5.82 Å². The first-order valence-electron chi connectivity index (χ1n) is 7.00. The Hall–Kier alpha value is -1.83. The average Bonchev–Trinajstić information content (AvgIpc) is 2.55. The summed E-state index contributed by atoms with van der Waals surface area (Å²) >= 11 is 9.34. The summed E-state index contributed by atoms with van der Waals surface area (Å²) in [6, 6.07) is 7.15. The van der Waals surface area contributed by atoms with E-state index in [1.54, 1.807) is 12.1 Å². The fourth-order valence-electron chi connectivity index (χ4n) is 1.97. The Morgan fingerprint density at radius 2 is 2.08 bits per heavy atom. The number of nitrogens with one attached hydrogen (secondary N) is 1. The lowest BCUT2D eigenvalue weighted by Gasteiger charge is -2.15. The third kappa shape index (κ3) is 4.37. The van der Waals surface area contributed by atoms with E-state index in [-0.39, 0.29) is 11.6 Å². The summed E-state index contributed by atoms with van der Waals surface area (Å²) in [5, 5.41) is 0.267. The number of hydrogen-bond donors (Lipinski definition) is 2. The van der Waals surface area contributed by atoms with Gasteiger partial charge < -0.3 is 9.47 Å². The third-order valence-electron chi connectivity index (χ3n) is 3.09. The molecule has 0 saturated carbocycles. The molecule has 2 aromatic carbocycles. The van der Waals surface area contributed by atoms with Crippen molar-refractivity contribution in [2.75, 3.05) is 6.61 Å². The molecule has 0 aliphatic carbocycles. The zero-order valence-corrected chi connectivity index (χ0v) is 15.1. The minimum Gasteiger partial charge on any atom is -0.490 e. The summed E-state index contributed by atoms with van der Waals surface area (Å²) in [6.45, 7) is 2.30. The molecule has 0 atom stereocenters. The van der Waals surface area contributed by atoms with E-state index in [4.69, 9.17) is 26.9 Å². The Labute approximate surface area is 152 Å². The molecular formula is C16H15BrClFN2O3.